The molecule has 0 radical (unpaired) electrons. The van der Waals surface area contributed by atoms with Gasteiger partial charge in [0.2, 0.25) is 0 Å². The van der Waals surface area contributed by atoms with Crippen LogP contribution in [0, 0.1) is 0 Å². The molecule has 0 bridgehead atoms. The number of aliphatic hydroxyl groups excluding tert-OH is 1. The lowest BCUT2D eigenvalue weighted by molar-refractivity contribution is -0.107. The summed E-state index contributed by atoms with van der Waals surface area (Å²) in [6.07, 6.45) is 4.55. The van der Waals surface area contributed by atoms with E-state index in [1.54, 1.807) is 0 Å². The van der Waals surface area contributed by atoms with E-state index in [-0.39, 0.29) is 6.61 Å². The predicted molar refractivity (Wildman–Crippen MR) is 42.4 cm³/mol. The van der Waals surface area contributed by atoms with Crippen molar-refractivity contribution >= 4 is 6.29 Å². The molecule has 11 heavy (non-hydrogen) atoms. The minimum atomic E-state index is 0.0916. The van der Waals surface area contributed by atoms with Crippen molar-refractivity contribution in [2.45, 2.75) is 25.7 Å². The highest BCUT2D eigenvalue weighted by atomic mass is 16.5. The van der Waals surface area contributed by atoms with Crippen LogP contribution in [0.2, 0.25) is 0 Å². The molecule has 0 fully saturated rings. The molecule has 0 aromatic heterocycles. The van der Waals surface area contributed by atoms with Crippen LogP contribution < -0.4 is 0 Å². The molecule has 66 valence electrons. The van der Waals surface area contributed by atoms with Crippen molar-refractivity contribution < 1.29 is 14.6 Å². The van der Waals surface area contributed by atoms with Gasteiger partial charge in [-0.05, 0) is 12.8 Å². The van der Waals surface area contributed by atoms with E-state index in [4.69, 9.17) is 9.84 Å². The van der Waals surface area contributed by atoms with Crippen LogP contribution in [-0.2, 0) is 9.53 Å². The third-order valence-corrected chi connectivity index (χ3v) is 1.35. The number of carbonyl (C=O) groups excluding carboxylic acids is 1. The fourth-order valence-electron chi connectivity index (χ4n) is 0.775. The summed E-state index contributed by atoms with van der Waals surface area (Å²) >= 11 is 0. The highest BCUT2D eigenvalue weighted by molar-refractivity contribution is 5.48. The maximum Gasteiger partial charge on any atom is 0.119 e. The molecule has 1 N–H and O–H groups in total. The lowest BCUT2D eigenvalue weighted by atomic mass is 10.2. The molecule has 0 aliphatic carbocycles. The third-order valence-electron chi connectivity index (χ3n) is 1.35. The first-order valence-electron chi connectivity index (χ1n) is 4.04. The molecule has 0 saturated heterocycles. The second-order valence-corrected chi connectivity index (χ2v) is 2.35. The summed E-state index contributed by atoms with van der Waals surface area (Å²) in [6.45, 7) is 1.21. The summed E-state index contributed by atoms with van der Waals surface area (Å²) in [5, 5.41) is 8.34. The topological polar surface area (TPSA) is 46.5 Å². The van der Waals surface area contributed by atoms with Gasteiger partial charge in [0.15, 0.2) is 0 Å². The molecule has 0 atom stereocenters. The second-order valence-electron chi connectivity index (χ2n) is 2.35. The Morgan fingerprint density at radius 3 is 2.64 bits per heavy atom. The van der Waals surface area contributed by atoms with E-state index in [9.17, 15) is 4.79 Å². The Kier molecular flexibility index (Phi) is 9.23. The Labute approximate surface area is 67.4 Å². The largest absolute Gasteiger partial charge is 0.394 e. The molecule has 3 heteroatoms. The van der Waals surface area contributed by atoms with Crippen LogP contribution >= 0.6 is 0 Å². The van der Waals surface area contributed by atoms with E-state index in [2.05, 4.69) is 0 Å². The summed E-state index contributed by atoms with van der Waals surface area (Å²) in [5.74, 6) is 0. The Balaban J connectivity index is 2.74. The van der Waals surface area contributed by atoms with Gasteiger partial charge in [-0.15, -0.1) is 0 Å². The number of rotatable bonds is 8. The number of hydrogen-bond donors (Lipinski definition) is 1. The smallest absolute Gasteiger partial charge is 0.119 e. The third kappa shape index (κ3) is 9.59. The van der Waals surface area contributed by atoms with Gasteiger partial charge in [0.05, 0.1) is 13.2 Å². The number of hydrogen-bond acceptors (Lipinski definition) is 3. The van der Waals surface area contributed by atoms with Crippen molar-refractivity contribution in [1.29, 1.82) is 0 Å². The van der Waals surface area contributed by atoms with Crippen LogP contribution in [0.1, 0.15) is 25.7 Å². The van der Waals surface area contributed by atoms with Crippen molar-refractivity contribution in [1.82, 2.24) is 0 Å². The van der Waals surface area contributed by atoms with Gasteiger partial charge >= 0.3 is 0 Å². The standard InChI is InChI=1S/C8H16O3/c9-5-3-1-2-4-7-11-8-6-10/h5,10H,1-4,6-8H2. The molecule has 0 aromatic rings. The van der Waals surface area contributed by atoms with Gasteiger partial charge in [-0.1, -0.05) is 6.42 Å². The molecule has 0 amide bonds. The van der Waals surface area contributed by atoms with Crippen LogP contribution in [-0.4, -0.2) is 31.2 Å². The zero-order chi connectivity index (χ0) is 8.36. The van der Waals surface area contributed by atoms with Crippen LogP contribution in [0.25, 0.3) is 0 Å². The fourth-order valence-corrected chi connectivity index (χ4v) is 0.775. The van der Waals surface area contributed by atoms with E-state index < -0.39 is 0 Å². The summed E-state index contributed by atoms with van der Waals surface area (Å²) in [5.41, 5.74) is 0. The number of ether oxygens (including phenoxy) is 1. The first-order valence-corrected chi connectivity index (χ1v) is 4.04. The Bertz CT molecular complexity index is 83.4. The molecular formula is C8H16O3. The Hall–Kier alpha value is -0.410. The fraction of sp³-hybridized carbons (Fsp3) is 0.875. The van der Waals surface area contributed by atoms with Gasteiger partial charge in [-0.3, -0.25) is 0 Å². The normalized spacial score (nSPS) is 9.91. The average Bonchev–Trinajstić information content (AvgIpc) is 2.03. The average molecular weight is 160 g/mol. The molecular weight excluding hydrogens is 144 g/mol. The zero-order valence-corrected chi connectivity index (χ0v) is 6.79. The van der Waals surface area contributed by atoms with Gasteiger partial charge in [0.1, 0.15) is 6.29 Å². The maximum atomic E-state index is 9.88. The minimum absolute atomic E-state index is 0.0916. The van der Waals surface area contributed by atoms with E-state index in [1.807, 2.05) is 0 Å². The van der Waals surface area contributed by atoms with Crippen molar-refractivity contribution in [3.05, 3.63) is 0 Å². The molecule has 0 aromatic carbocycles. The van der Waals surface area contributed by atoms with Crippen molar-refractivity contribution in [2.24, 2.45) is 0 Å². The Morgan fingerprint density at radius 2 is 2.00 bits per heavy atom. The van der Waals surface area contributed by atoms with E-state index >= 15 is 0 Å². The number of carbonyl (C=O) groups is 1. The SMILES string of the molecule is O=CCCCCCOCCO. The van der Waals surface area contributed by atoms with Gasteiger partial charge in [-0.25, -0.2) is 0 Å². The minimum Gasteiger partial charge on any atom is -0.394 e. The number of aldehydes is 1. The van der Waals surface area contributed by atoms with Crippen molar-refractivity contribution in [2.75, 3.05) is 19.8 Å². The summed E-state index contributed by atoms with van der Waals surface area (Å²) in [7, 11) is 0. The summed E-state index contributed by atoms with van der Waals surface area (Å²) < 4.78 is 5.02. The van der Waals surface area contributed by atoms with E-state index in [0.717, 1.165) is 25.5 Å². The molecule has 0 aliphatic heterocycles. The van der Waals surface area contributed by atoms with Crippen molar-refractivity contribution in [3.8, 4) is 0 Å². The quantitative estimate of drug-likeness (QED) is 0.421. The molecule has 3 nitrogen and oxygen atoms in total. The van der Waals surface area contributed by atoms with Gasteiger partial charge in [-0.2, -0.15) is 0 Å². The molecule has 0 rings (SSSR count). The highest BCUT2D eigenvalue weighted by Gasteiger charge is 1.88. The highest BCUT2D eigenvalue weighted by Crippen LogP contribution is 1.97. The summed E-state index contributed by atoms with van der Waals surface area (Å²) in [4.78, 5) is 9.88. The summed E-state index contributed by atoms with van der Waals surface area (Å²) in [6, 6.07) is 0. The Morgan fingerprint density at radius 1 is 1.18 bits per heavy atom. The molecule has 0 heterocycles. The molecule has 0 aliphatic rings. The van der Waals surface area contributed by atoms with Crippen LogP contribution in [0.3, 0.4) is 0 Å². The number of aliphatic hydroxyl groups is 1. The van der Waals surface area contributed by atoms with E-state index in [1.165, 1.54) is 0 Å². The maximum absolute atomic E-state index is 9.88. The van der Waals surface area contributed by atoms with Gasteiger partial charge < -0.3 is 14.6 Å². The van der Waals surface area contributed by atoms with E-state index in [0.29, 0.717) is 19.6 Å². The first-order chi connectivity index (χ1) is 5.41. The lowest BCUT2D eigenvalue weighted by Gasteiger charge is -1.99. The second kappa shape index (κ2) is 9.59. The van der Waals surface area contributed by atoms with Gasteiger partial charge in [0, 0.05) is 13.0 Å². The van der Waals surface area contributed by atoms with Crippen LogP contribution in [0.5, 0.6) is 0 Å². The molecule has 0 saturated carbocycles. The lowest BCUT2D eigenvalue weighted by Crippen LogP contribution is -2.00. The number of unbranched alkanes of at least 4 members (excludes halogenated alkanes) is 3. The zero-order valence-electron chi connectivity index (χ0n) is 6.79. The van der Waals surface area contributed by atoms with Crippen molar-refractivity contribution in [3.63, 3.8) is 0 Å². The predicted octanol–water partition coefficient (Wildman–Crippen LogP) is 0.755. The molecule has 0 unspecified atom stereocenters. The van der Waals surface area contributed by atoms with Crippen LogP contribution in [0.4, 0.5) is 0 Å². The van der Waals surface area contributed by atoms with Crippen LogP contribution in [0.15, 0.2) is 0 Å². The van der Waals surface area contributed by atoms with Gasteiger partial charge in [0.25, 0.3) is 0 Å². The first kappa shape index (κ1) is 10.6. The monoisotopic (exact) mass is 160 g/mol. The molecule has 0 spiro atoms.